The van der Waals surface area contributed by atoms with E-state index in [1.807, 2.05) is 31.2 Å². The van der Waals surface area contributed by atoms with Gasteiger partial charge in [-0.25, -0.2) is 0 Å². The molecule has 0 saturated heterocycles. The van der Waals surface area contributed by atoms with E-state index in [2.05, 4.69) is 5.32 Å². The van der Waals surface area contributed by atoms with Crippen molar-refractivity contribution in [3.63, 3.8) is 0 Å². The van der Waals surface area contributed by atoms with Crippen molar-refractivity contribution in [2.75, 3.05) is 17.6 Å². The lowest BCUT2D eigenvalue weighted by molar-refractivity contribution is -0.123. The molecule has 0 atom stereocenters. The molecule has 2 N–H and O–H groups in total. The summed E-state index contributed by atoms with van der Waals surface area (Å²) in [7, 11) is 0. The van der Waals surface area contributed by atoms with Gasteiger partial charge in [0.1, 0.15) is 6.54 Å². The third-order valence-electron chi connectivity index (χ3n) is 3.29. The van der Waals surface area contributed by atoms with E-state index in [9.17, 15) is 22.8 Å². The van der Waals surface area contributed by atoms with E-state index in [-0.39, 0.29) is 22.9 Å². The van der Waals surface area contributed by atoms with Gasteiger partial charge >= 0.3 is 6.18 Å². The Bertz CT molecular complexity index is 777. The highest BCUT2D eigenvalue weighted by atomic mass is 32.2. The van der Waals surface area contributed by atoms with E-state index in [0.717, 1.165) is 10.5 Å². The molecular formula is C18H17F3N2O2S. The van der Waals surface area contributed by atoms with Gasteiger partial charge in [-0.2, -0.15) is 13.2 Å². The summed E-state index contributed by atoms with van der Waals surface area (Å²) in [5, 5.41) is 4.36. The summed E-state index contributed by atoms with van der Waals surface area (Å²) in [4.78, 5) is 25.0. The van der Waals surface area contributed by atoms with E-state index >= 15 is 0 Å². The fourth-order valence-electron chi connectivity index (χ4n) is 2.04. The molecule has 2 aromatic carbocycles. The molecule has 2 rings (SSSR count). The number of aryl methyl sites for hydroxylation is 1. The molecule has 138 valence electrons. The Morgan fingerprint density at radius 2 is 1.69 bits per heavy atom. The van der Waals surface area contributed by atoms with E-state index in [4.69, 9.17) is 0 Å². The molecular weight excluding hydrogens is 365 g/mol. The summed E-state index contributed by atoms with van der Waals surface area (Å²) < 4.78 is 36.7. The largest absolute Gasteiger partial charge is 0.405 e. The number of carbonyl (C=O) groups excluding carboxylic acids is 2. The third kappa shape index (κ3) is 6.44. The molecule has 0 spiro atoms. The highest BCUT2D eigenvalue weighted by Crippen LogP contribution is 2.20. The van der Waals surface area contributed by atoms with Gasteiger partial charge in [-0.3, -0.25) is 9.59 Å². The van der Waals surface area contributed by atoms with E-state index in [1.165, 1.54) is 30.0 Å². The number of carbonyl (C=O) groups is 2. The number of anilines is 1. The van der Waals surface area contributed by atoms with Crippen molar-refractivity contribution in [2.24, 2.45) is 0 Å². The average molecular weight is 382 g/mol. The van der Waals surface area contributed by atoms with Crippen LogP contribution >= 0.6 is 11.8 Å². The van der Waals surface area contributed by atoms with Crippen LogP contribution in [0.5, 0.6) is 0 Å². The van der Waals surface area contributed by atoms with E-state index < -0.39 is 18.6 Å². The zero-order valence-corrected chi connectivity index (χ0v) is 14.7. The van der Waals surface area contributed by atoms with Crippen LogP contribution in [0.4, 0.5) is 18.9 Å². The van der Waals surface area contributed by atoms with Crippen LogP contribution < -0.4 is 10.6 Å². The number of amides is 2. The standard InChI is InChI=1S/C18H17F3N2O2S/c1-12-6-8-13(9-7-12)26-10-16(24)23-15-5-3-2-4-14(15)17(25)22-11-18(19,20)21/h2-9H,10-11H2,1H3,(H,22,25)(H,23,24). The molecule has 26 heavy (non-hydrogen) atoms. The van der Waals surface area contributed by atoms with Crippen LogP contribution in [0, 0.1) is 6.92 Å². The number of hydrogen-bond acceptors (Lipinski definition) is 3. The van der Waals surface area contributed by atoms with Crippen LogP contribution in [0.3, 0.4) is 0 Å². The number of nitrogens with one attached hydrogen (secondary N) is 2. The molecule has 2 amide bonds. The Balaban J connectivity index is 1.97. The molecule has 0 bridgehead atoms. The molecule has 0 aromatic heterocycles. The van der Waals surface area contributed by atoms with Crippen LogP contribution in [0.15, 0.2) is 53.4 Å². The van der Waals surface area contributed by atoms with Crippen molar-refractivity contribution in [2.45, 2.75) is 18.0 Å². The van der Waals surface area contributed by atoms with Gasteiger partial charge in [0, 0.05) is 4.90 Å². The number of thioether (sulfide) groups is 1. The summed E-state index contributed by atoms with van der Waals surface area (Å²) in [6, 6.07) is 13.6. The first-order chi connectivity index (χ1) is 12.2. The Kier molecular flexibility index (Phi) is 6.68. The van der Waals surface area contributed by atoms with Gasteiger partial charge in [0.25, 0.3) is 5.91 Å². The predicted octanol–water partition coefficient (Wildman–Crippen LogP) is 4.02. The molecule has 0 aliphatic heterocycles. The molecule has 0 radical (unpaired) electrons. The summed E-state index contributed by atoms with van der Waals surface area (Å²) in [5.41, 5.74) is 1.25. The second kappa shape index (κ2) is 8.75. The van der Waals surface area contributed by atoms with Crippen LogP contribution in [-0.4, -0.2) is 30.3 Å². The van der Waals surface area contributed by atoms with Crippen molar-refractivity contribution >= 4 is 29.3 Å². The first-order valence-electron chi connectivity index (χ1n) is 7.68. The van der Waals surface area contributed by atoms with Crippen LogP contribution in [0.25, 0.3) is 0 Å². The summed E-state index contributed by atoms with van der Waals surface area (Å²) in [6.45, 7) is 0.527. The maximum atomic E-state index is 12.2. The van der Waals surface area contributed by atoms with Gasteiger partial charge < -0.3 is 10.6 Å². The van der Waals surface area contributed by atoms with Gasteiger partial charge in [0.2, 0.25) is 5.91 Å². The fraction of sp³-hybridized carbons (Fsp3) is 0.222. The molecule has 0 heterocycles. The number of para-hydroxylation sites is 1. The van der Waals surface area contributed by atoms with Crippen LogP contribution in [0.1, 0.15) is 15.9 Å². The van der Waals surface area contributed by atoms with Gasteiger partial charge in [-0.1, -0.05) is 29.8 Å². The topological polar surface area (TPSA) is 58.2 Å². The number of benzene rings is 2. The molecule has 2 aromatic rings. The smallest absolute Gasteiger partial charge is 0.343 e. The Morgan fingerprint density at radius 3 is 2.35 bits per heavy atom. The predicted molar refractivity (Wildman–Crippen MR) is 95.4 cm³/mol. The highest BCUT2D eigenvalue weighted by molar-refractivity contribution is 8.00. The monoisotopic (exact) mass is 382 g/mol. The van der Waals surface area contributed by atoms with Crippen molar-refractivity contribution in [3.05, 3.63) is 59.7 Å². The maximum absolute atomic E-state index is 12.2. The van der Waals surface area contributed by atoms with E-state index in [1.54, 1.807) is 11.4 Å². The number of halogens is 3. The minimum absolute atomic E-state index is 0.0227. The van der Waals surface area contributed by atoms with Crippen LogP contribution in [-0.2, 0) is 4.79 Å². The summed E-state index contributed by atoms with van der Waals surface area (Å²) in [6.07, 6.45) is -4.50. The zero-order valence-electron chi connectivity index (χ0n) is 13.9. The number of rotatable bonds is 6. The second-order valence-electron chi connectivity index (χ2n) is 5.49. The fourth-order valence-corrected chi connectivity index (χ4v) is 2.73. The first-order valence-corrected chi connectivity index (χ1v) is 8.66. The third-order valence-corrected chi connectivity index (χ3v) is 4.30. The quantitative estimate of drug-likeness (QED) is 0.742. The minimum Gasteiger partial charge on any atom is -0.343 e. The molecule has 0 unspecified atom stereocenters. The molecule has 0 fully saturated rings. The molecule has 0 saturated carbocycles. The summed E-state index contributed by atoms with van der Waals surface area (Å²) >= 11 is 1.32. The Morgan fingerprint density at radius 1 is 1.04 bits per heavy atom. The van der Waals surface area contributed by atoms with Crippen molar-refractivity contribution in [3.8, 4) is 0 Å². The average Bonchev–Trinajstić information content (AvgIpc) is 2.59. The lowest BCUT2D eigenvalue weighted by atomic mass is 10.1. The van der Waals surface area contributed by atoms with E-state index in [0.29, 0.717) is 0 Å². The lowest BCUT2D eigenvalue weighted by Gasteiger charge is -2.12. The van der Waals surface area contributed by atoms with Gasteiger partial charge in [-0.15, -0.1) is 11.8 Å². The first kappa shape index (κ1) is 19.8. The van der Waals surface area contributed by atoms with Crippen molar-refractivity contribution < 1.29 is 22.8 Å². The normalized spacial score (nSPS) is 11.1. The molecule has 0 aliphatic rings. The lowest BCUT2D eigenvalue weighted by Crippen LogP contribution is -2.34. The molecule has 0 aliphatic carbocycles. The molecule has 8 heteroatoms. The minimum atomic E-state index is -4.50. The SMILES string of the molecule is Cc1ccc(SCC(=O)Nc2ccccc2C(=O)NCC(F)(F)F)cc1. The Labute approximate surface area is 153 Å². The number of hydrogen-bond donors (Lipinski definition) is 2. The molecule has 4 nitrogen and oxygen atoms in total. The Hall–Kier alpha value is -2.48. The van der Waals surface area contributed by atoms with Gasteiger partial charge in [0.05, 0.1) is 17.0 Å². The maximum Gasteiger partial charge on any atom is 0.405 e. The van der Waals surface area contributed by atoms with Gasteiger partial charge in [0.15, 0.2) is 0 Å². The van der Waals surface area contributed by atoms with Crippen molar-refractivity contribution in [1.29, 1.82) is 0 Å². The number of alkyl halides is 3. The summed E-state index contributed by atoms with van der Waals surface area (Å²) in [5.74, 6) is -1.14. The zero-order chi connectivity index (χ0) is 19.2. The van der Waals surface area contributed by atoms with Crippen molar-refractivity contribution in [1.82, 2.24) is 5.32 Å². The van der Waals surface area contributed by atoms with Crippen LogP contribution in [0.2, 0.25) is 0 Å². The highest BCUT2D eigenvalue weighted by Gasteiger charge is 2.28. The van der Waals surface area contributed by atoms with Gasteiger partial charge in [-0.05, 0) is 31.2 Å². The second-order valence-corrected chi connectivity index (χ2v) is 6.54.